The van der Waals surface area contributed by atoms with Crippen molar-refractivity contribution in [2.45, 2.75) is 30.6 Å². The Morgan fingerprint density at radius 2 is 1.57 bits per heavy atom. The van der Waals surface area contributed by atoms with Crippen LogP contribution in [-0.2, 0) is 4.74 Å². The molecule has 0 amide bonds. The third-order valence-corrected chi connectivity index (χ3v) is 2.00. The third-order valence-electron chi connectivity index (χ3n) is 2.00. The highest BCUT2D eigenvalue weighted by atomic mass is 35.5. The van der Waals surface area contributed by atoms with Gasteiger partial charge in [0.15, 0.2) is 6.29 Å². The zero-order valence-corrected chi connectivity index (χ0v) is 8.95. The van der Waals surface area contributed by atoms with E-state index in [4.69, 9.17) is 21.3 Å². The standard InChI is InChI=1S/C6H14N2O4.2ClH/c7-1-2-4(9)5(10)3(8)6(11)12-2;;/h2-6,9-11H,1,7-8H2;2*1H. The van der Waals surface area contributed by atoms with Crippen molar-refractivity contribution in [3.8, 4) is 0 Å². The lowest BCUT2D eigenvalue weighted by Gasteiger charge is -2.38. The van der Waals surface area contributed by atoms with Gasteiger partial charge in [-0.2, -0.15) is 0 Å². The molecule has 7 N–H and O–H groups in total. The maximum absolute atomic E-state index is 9.28. The fourth-order valence-corrected chi connectivity index (χ4v) is 1.16. The molecule has 5 atom stereocenters. The first-order valence-electron chi connectivity index (χ1n) is 3.73. The summed E-state index contributed by atoms with van der Waals surface area (Å²) in [6.45, 7) is 0.0298. The number of aliphatic hydroxyl groups excluding tert-OH is 3. The Bertz CT molecular complexity index is 160. The highest BCUT2D eigenvalue weighted by Gasteiger charge is 2.41. The molecule has 0 radical (unpaired) electrons. The third kappa shape index (κ3) is 3.18. The summed E-state index contributed by atoms with van der Waals surface area (Å²) in [7, 11) is 0. The number of hydrogen-bond acceptors (Lipinski definition) is 6. The molecule has 1 saturated heterocycles. The SMILES string of the molecule is Cl.Cl.NCC1OC(O)C(N)C(O)C1O. The summed E-state index contributed by atoms with van der Waals surface area (Å²) in [6.07, 6.45) is -4.34. The molecule has 0 aromatic carbocycles. The van der Waals surface area contributed by atoms with Gasteiger partial charge in [0.2, 0.25) is 0 Å². The van der Waals surface area contributed by atoms with Gasteiger partial charge in [0.1, 0.15) is 18.3 Å². The molecular formula is C6H16Cl2N2O4. The Morgan fingerprint density at radius 1 is 1.07 bits per heavy atom. The van der Waals surface area contributed by atoms with E-state index in [1.54, 1.807) is 0 Å². The van der Waals surface area contributed by atoms with E-state index in [1.807, 2.05) is 0 Å². The van der Waals surface area contributed by atoms with Gasteiger partial charge >= 0.3 is 0 Å². The topological polar surface area (TPSA) is 122 Å². The minimum Gasteiger partial charge on any atom is -0.388 e. The van der Waals surface area contributed by atoms with Crippen LogP contribution in [-0.4, -0.2) is 52.5 Å². The smallest absolute Gasteiger partial charge is 0.172 e. The molecule has 6 nitrogen and oxygen atoms in total. The minimum absolute atomic E-state index is 0. The molecule has 1 fully saturated rings. The largest absolute Gasteiger partial charge is 0.388 e. The lowest BCUT2D eigenvalue weighted by atomic mass is 9.98. The van der Waals surface area contributed by atoms with Crippen LogP contribution in [0, 0.1) is 0 Å². The second-order valence-corrected chi connectivity index (χ2v) is 2.86. The highest BCUT2D eigenvalue weighted by Crippen LogP contribution is 2.17. The molecule has 1 aliphatic rings. The van der Waals surface area contributed by atoms with Gasteiger partial charge in [-0.05, 0) is 0 Å². The molecule has 0 aromatic heterocycles. The molecule has 0 aromatic rings. The molecule has 88 valence electrons. The van der Waals surface area contributed by atoms with Gasteiger partial charge < -0.3 is 31.5 Å². The van der Waals surface area contributed by atoms with Crippen LogP contribution in [0.4, 0.5) is 0 Å². The van der Waals surface area contributed by atoms with Crippen molar-refractivity contribution in [1.82, 2.24) is 0 Å². The van der Waals surface area contributed by atoms with Crippen molar-refractivity contribution < 1.29 is 20.1 Å². The summed E-state index contributed by atoms with van der Waals surface area (Å²) in [4.78, 5) is 0. The molecule has 0 aliphatic carbocycles. The van der Waals surface area contributed by atoms with E-state index in [0.717, 1.165) is 0 Å². The van der Waals surface area contributed by atoms with Crippen molar-refractivity contribution in [3.63, 3.8) is 0 Å². The molecule has 5 unspecified atom stereocenters. The zero-order valence-electron chi connectivity index (χ0n) is 7.31. The Labute approximate surface area is 94.0 Å². The molecule has 0 bridgehead atoms. The molecule has 1 rings (SSSR count). The number of ether oxygens (including phenoxy) is 1. The Morgan fingerprint density at radius 3 is 2.00 bits per heavy atom. The average Bonchev–Trinajstić information content (AvgIpc) is 2.08. The van der Waals surface area contributed by atoms with Crippen molar-refractivity contribution in [2.75, 3.05) is 6.54 Å². The lowest BCUT2D eigenvalue weighted by molar-refractivity contribution is -0.238. The average molecular weight is 251 g/mol. The van der Waals surface area contributed by atoms with E-state index in [9.17, 15) is 10.2 Å². The number of aliphatic hydroxyl groups is 3. The zero-order chi connectivity index (χ0) is 9.30. The Kier molecular flexibility index (Phi) is 8.09. The van der Waals surface area contributed by atoms with Crippen molar-refractivity contribution in [3.05, 3.63) is 0 Å². The maximum atomic E-state index is 9.28. The first kappa shape index (κ1) is 16.8. The van der Waals surface area contributed by atoms with Crippen LogP contribution in [0.1, 0.15) is 0 Å². The van der Waals surface area contributed by atoms with Crippen LogP contribution in [0.5, 0.6) is 0 Å². The molecule has 1 aliphatic heterocycles. The van der Waals surface area contributed by atoms with Gasteiger partial charge in [-0.25, -0.2) is 0 Å². The lowest BCUT2D eigenvalue weighted by Crippen LogP contribution is -2.62. The molecule has 14 heavy (non-hydrogen) atoms. The van der Waals surface area contributed by atoms with Gasteiger partial charge in [0.05, 0.1) is 6.04 Å². The number of halogens is 2. The Balaban J connectivity index is 0. The fourth-order valence-electron chi connectivity index (χ4n) is 1.16. The molecule has 0 spiro atoms. The molecule has 8 heteroatoms. The van der Waals surface area contributed by atoms with Gasteiger partial charge in [-0.15, -0.1) is 24.8 Å². The van der Waals surface area contributed by atoms with Gasteiger partial charge in [0.25, 0.3) is 0 Å². The summed E-state index contributed by atoms with van der Waals surface area (Å²) in [5.41, 5.74) is 10.5. The van der Waals surface area contributed by atoms with Crippen LogP contribution in [0.15, 0.2) is 0 Å². The predicted octanol–water partition coefficient (Wildman–Crippen LogP) is -2.44. The molecule has 1 heterocycles. The molecule has 0 saturated carbocycles. The van der Waals surface area contributed by atoms with Crippen LogP contribution >= 0.6 is 24.8 Å². The van der Waals surface area contributed by atoms with Crippen LogP contribution < -0.4 is 11.5 Å². The van der Waals surface area contributed by atoms with Gasteiger partial charge in [-0.3, -0.25) is 0 Å². The van der Waals surface area contributed by atoms with Crippen molar-refractivity contribution in [1.29, 1.82) is 0 Å². The van der Waals surface area contributed by atoms with Crippen LogP contribution in [0.3, 0.4) is 0 Å². The number of rotatable bonds is 1. The Hall–Kier alpha value is 0.340. The van der Waals surface area contributed by atoms with E-state index in [2.05, 4.69) is 0 Å². The summed E-state index contributed by atoms with van der Waals surface area (Å²) in [6, 6.07) is -0.984. The predicted molar refractivity (Wildman–Crippen MR) is 54.4 cm³/mol. The second-order valence-electron chi connectivity index (χ2n) is 2.86. The fraction of sp³-hybridized carbons (Fsp3) is 1.00. The van der Waals surface area contributed by atoms with Gasteiger partial charge in [0, 0.05) is 6.54 Å². The first-order chi connectivity index (χ1) is 5.57. The van der Waals surface area contributed by atoms with E-state index >= 15 is 0 Å². The molecular weight excluding hydrogens is 235 g/mol. The van der Waals surface area contributed by atoms with E-state index in [-0.39, 0.29) is 31.4 Å². The quantitative estimate of drug-likeness (QED) is 0.353. The normalized spacial score (nSPS) is 42.2. The van der Waals surface area contributed by atoms with Gasteiger partial charge in [-0.1, -0.05) is 0 Å². The number of hydrogen-bond donors (Lipinski definition) is 5. The van der Waals surface area contributed by atoms with Crippen LogP contribution in [0.25, 0.3) is 0 Å². The van der Waals surface area contributed by atoms with Crippen molar-refractivity contribution >= 4 is 24.8 Å². The van der Waals surface area contributed by atoms with E-state index in [1.165, 1.54) is 0 Å². The monoisotopic (exact) mass is 250 g/mol. The summed E-state index contributed by atoms with van der Waals surface area (Å²) < 4.78 is 4.83. The van der Waals surface area contributed by atoms with Crippen LogP contribution in [0.2, 0.25) is 0 Å². The highest BCUT2D eigenvalue weighted by molar-refractivity contribution is 5.85. The second kappa shape index (κ2) is 6.76. The van der Waals surface area contributed by atoms with Crippen molar-refractivity contribution in [2.24, 2.45) is 11.5 Å². The maximum Gasteiger partial charge on any atom is 0.172 e. The van der Waals surface area contributed by atoms with E-state index in [0.29, 0.717) is 0 Å². The number of nitrogens with two attached hydrogens (primary N) is 2. The minimum atomic E-state index is -1.27. The first-order valence-corrected chi connectivity index (χ1v) is 3.73. The summed E-state index contributed by atoms with van der Waals surface area (Å²) >= 11 is 0. The summed E-state index contributed by atoms with van der Waals surface area (Å²) in [5, 5.41) is 27.6. The van der Waals surface area contributed by atoms with E-state index < -0.39 is 30.6 Å². The summed E-state index contributed by atoms with van der Waals surface area (Å²) in [5.74, 6) is 0.